The number of rotatable bonds is 0. The molecule has 0 N–H and O–H groups in total. The highest BCUT2D eigenvalue weighted by Gasteiger charge is 2.47. The second kappa shape index (κ2) is 2.66. The number of oxime groups is 1. The van der Waals surface area contributed by atoms with Gasteiger partial charge in [-0.2, -0.15) is 0 Å². The summed E-state index contributed by atoms with van der Waals surface area (Å²) in [6.45, 7) is 1.88. The predicted octanol–water partition coefficient (Wildman–Crippen LogP) is 2.73. The first-order valence-corrected chi connectivity index (χ1v) is 4.61. The number of hydrogen-bond donors (Lipinski definition) is 0. The smallest absolute Gasteiger partial charge is 0.248 e. The first-order valence-electron chi connectivity index (χ1n) is 4.61. The molecule has 0 atom stereocenters. The molecule has 1 aliphatic heterocycles. The maximum absolute atomic E-state index is 12.8. The topological polar surface area (TPSA) is 21.6 Å². The van der Waals surface area contributed by atoms with Crippen molar-refractivity contribution in [1.82, 2.24) is 0 Å². The van der Waals surface area contributed by atoms with E-state index < -0.39 is 5.92 Å². The van der Waals surface area contributed by atoms with E-state index in [1.807, 2.05) is 6.92 Å². The Labute approximate surface area is 75.9 Å². The third kappa shape index (κ3) is 1.67. The Kier molecular flexibility index (Phi) is 1.82. The molecule has 0 radical (unpaired) electrons. The summed E-state index contributed by atoms with van der Waals surface area (Å²) < 4.78 is 25.7. The fourth-order valence-electron chi connectivity index (χ4n) is 2.04. The number of alkyl halides is 2. The Morgan fingerprint density at radius 2 is 1.85 bits per heavy atom. The Morgan fingerprint density at radius 3 is 2.31 bits per heavy atom. The van der Waals surface area contributed by atoms with Crippen LogP contribution in [0.25, 0.3) is 0 Å². The van der Waals surface area contributed by atoms with E-state index in [0.29, 0.717) is 12.8 Å². The van der Waals surface area contributed by atoms with Crippen molar-refractivity contribution in [3.8, 4) is 0 Å². The van der Waals surface area contributed by atoms with Crippen LogP contribution in [0, 0.1) is 0 Å². The fraction of sp³-hybridized carbons (Fsp3) is 0.889. The molecule has 0 saturated heterocycles. The average molecular weight is 189 g/mol. The third-order valence-corrected chi connectivity index (χ3v) is 2.87. The Hall–Kier alpha value is -0.670. The first kappa shape index (κ1) is 8.91. The van der Waals surface area contributed by atoms with Crippen LogP contribution in [0.4, 0.5) is 8.78 Å². The summed E-state index contributed by atoms with van der Waals surface area (Å²) in [7, 11) is 0. The highest BCUT2D eigenvalue weighted by molar-refractivity contribution is 5.83. The van der Waals surface area contributed by atoms with Crippen molar-refractivity contribution in [2.45, 2.75) is 50.6 Å². The maximum atomic E-state index is 12.8. The Bertz CT molecular complexity index is 240. The summed E-state index contributed by atoms with van der Waals surface area (Å²) in [5.74, 6) is -2.48. The monoisotopic (exact) mass is 189 g/mol. The molecular weight excluding hydrogens is 176 g/mol. The molecule has 2 aliphatic rings. The second-order valence-electron chi connectivity index (χ2n) is 4.13. The molecule has 1 heterocycles. The predicted molar refractivity (Wildman–Crippen MR) is 45.0 cm³/mol. The molecule has 13 heavy (non-hydrogen) atoms. The van der Waals surface area contributed by atoms with Crippen molar-refractivity contribution < 1.29 is 13.6 Å². The van der Waals surface area contributed by atoms with Crippen LogP contribution < -0.4 is 0 Å². The third-order valence-electron chi connectivity index (χ3n) is 2.87. The standard InChI is InChI=1S/C9H13F2NO/c1-7-6-8(13-12-7)2-4-9(10,11)5-3-8/h2-6H2,1H3. The van der Waals surface area contributed by atoms with Crippen molar-refractivity contribution in [3.05, 3.63) is 0 Å². The fourth-order valence-corrected chi connectivity index (χ4v) is 2.04. The zero-order chi connectivity index (χ0) is 9.53. The van der Waals surface area contributed by atoms with Crippen LogP contribution >= 0.6 is 0 Å². The van der Waals surface area contributed by atoms with E-state index in [0.717, 1.165) is 12.1 Å². The molecule has 0 bridgehead atoms. The van der Waals surface area contributed by atoms with E-state index in [1.165, 1.54) is 0 Å². The summed E-state index contributed by atoms with van der Waals surface area (Å²) in [6.07, 6.45) is 1.47. The van der Waals surface area contributed by atoms with Crippen LogP contribution in [0.15, 0.2) is 5.16 Å². The largest absolute Gasteiger partial charge is 0.389 e. The highest BCUT2D eigenvalue weighted by Crippen LogP contribution is 2.44. The lowest BCUT2D eigenvalue weighted by Gasteiger charge is -2.34. The maximum Gasteiger partial charge on any atom is 0.248 e. The molecule has 4 heteroatoms. The summed E-state index contributed by atoms with van der Waals surface area (Å²) in [5, 5.41) is 3.83. The van der Waals surface area contributed by atoms with Crippen LogP contribution in [0.1, 0.15) is 39.0 Å². The minimum absolute atomic E-state index is 0.0597. The zero-order valence-electron chi connectivity index (χ0n) is 7.65. The van der Waals surface area contributed by atoms with E-state index in [1.54, 1.807) is 0 Å². The molecule has 1 fully saturated rings. The van der Waals surface area contributed by atoms with Crippen molar-refractivity contribution in [1.29, 1.82) is 0 Å². The van der Waals surface area contributed by atoms with Gasteiger partial charge in [0.05, 0.1) is 5.71 Å². The molecular formula is C9H13F2NO. The van der Waals surface area contributed by atoms with Crippen LogP contribution in [0.3, 0.4) is 0 Å². The van der Waals surface area contributed by atoms with Gasteiger partial charge >= 0.3 is 0 Å². The molecule has 2 rings (SSSR count). The van der Waals surface area contributed by atoms with Crippen LogP contribution in [-0.4, -0.2) is 17.2 Å². The number of nitrogens with zero attached hydrogens (tertiary/aromatic N) is 1. The summed E-state index contributed by atoms with van der Waals surface area (Å²) in [5.41, 5.74) is 0.538. The molecule has 1 aliphatic carbocycles. The van der Waals surface area contributed by atoms with Gasteiger partial charge in [0.15, 0.2) is 0 Å². The van der Waals surface area contributed by atoms with Gasteiger partial charge in [-0.15, -0.1) is 0 Å². The van der Waals surface area contributed by atoms with Gasteiger partial charge in [-0.3, -0.25) is 0 Å². The minimum atomic E-state index is -2.48. The highest BCUT2D eigenvalue weighted by atomic mass is 19.3. The normalized spacial score (nSPS) is 29.9. The van der Waals surface area contributed by atoms with Gasteiger partial charge in [-0.05, 0) is 19.8 Å². The van der Waals surface area contributed by atoms with E-state index in [4.69, 9.17) is 4.84 Å². The molecule has 2 nitrogen and oxygen atoms in total. The molecule has 0 aromatic carbocycles. The van der Waals surface area contributed by atoms with E-state index in [2.05, 4.69) is 5.16 Å². The summed E-state index contributed by atoms with van der Waals surface area (Å²) in [6, 6.07) is 0. The van der Waals surface area contributed by atoms with Gasteiger partial charge in [0.2, 0.25) is 5.92 Å². The van der Waals surface area contributed by atoms with E-state index >= 15 is 0 Å². The van der Waals surface area contributed by atoms with Gasteiger partial charge in [0, 0.05) is 19.3 Å². The van der Waals surface area contributed by atoms with Crippen molar-refractivity contribution in [3.63, 3.8) is 0 Å². The van der Waals surface area contributed by atoms with Crippen molar-refractivity contribution in [2.75, 3.05) is 0 Å². The van der Waals surface area contributed by atoms with Gasteiger partial charge in [0.1, 0.15) is 5.60 Å². The Balaban J connectivity index is 1.99. The number of hydrogen-bond acceptors (Lipinski definition) is 2. The van der Waals surface area contributed by atoms with E-state index in [9.17, 15) is 8.78 Å². The SMILES string of the molecule is CC1=NOC2(CCC(F)(F)CC2)C1. The minimum Gasteiger partial charge on any atom is -0.389 e. The van der Waals surface area contributed by atoms with Crippen LogP contribution in [0.2, 0.25) is 0 Å². The molecule has 1 spiro atoms. The van der Waals surface area contributed by atoms with E-state index in [-0.39, 0.29) is 18.4 Å². The quantitative estimate of drug-likeness (QED) is 0.574. The molecule has 0 amide bonds. The summed E-state index contributed by atoms with van der Waals surface area (Å²) in [4.78, 5) is 5.24. The molecule has 1 saturated carbocycles. The van der Waals surface area contributed by atoms with Gasteiger partial charge in [-0.25, -0.2) is 8.78 Å². The molecule has 74 valence electrons. The lowest BCUT2D eigenvalue weighted by molar-refractivity contribution is -0.119. The summed E-state index contributed by atoms with van der Waals surface area (Å²) >= 11 is 0. The molecule has 0 aromatic heterocycles. The number of halogens is 2. The molecule has 0 unspecified atom stereocenters. The van der Waals surface area contributed by atoms with Gasteiger partial charge in [-0.1, -0.05) is 5.16 Å². The lowest BCUT2D eigenvalue weighted by Crippen LogP contribution is -2.38. The second-order valence-corrected chi connectivity index (χ2v) is 4.13. The van der Waals surface area contributed by atoms with Crippen molar-refractivity contribution in [2.24, 2.45) is 5.16 Å². The van der Waals surface area contributed by atoms with Crippen molar-refractivity contribution >= 4 is 5.71 Å². The van der Waals surface area contributed by atoms with Gasteiger partial charge < -0.3 is 4.84 Å². The first-order chi connectivity index (χ1) is 6.02. The lowest BCUT2D eigenvalue weighted by atomic mass is 9.80. The van der Waals surface area contributed by atoms with Crippen LogP contribution in [0.5, 0.6) is 0 Å². The van der Waals surface area contributed by atoms with Crippen LogP contribution in [-0.2, 0) is 4.84 Å². The average Bonchev–Trinajstić information content (AvgIpc) is 2.41. The Morgan fingerprint density at radius 1 is 1.23 bits per heavy atom. The van der Waals surface area contributed by atoms with Gasteiger partial charge in [0.25, 0.3) is 0 Å². The zero-order valence-corrected chi connectivity index (χ0v) is 7.65. The molecule has 0 aromatic rings.